The first-order valence-electron chi connectivity index (χ1n) is 7.79. The van der Waals surface area contributed by atoms with Gasteiger partial charge in [-0.15, -0.1) is 0 Å². The first-order valence-corrected chi connectivity index (χ1v) is 7.79. The highest BCUT2D eigenvalue weighted by atomic mass is 16.1. The van der Waals surface area contributed by atoms with Crippen molar-refractivity contribution < 1.29 is 4.79 Å². The molecule has 1 heterocycles. The fourth-order valence-electron chi connectivity index (χ4n) is 2.78. The van der Waals surface area contributed by atoms with Crippen molar-refractivity contribution in [1.82, 2.24) is 10.6 Å². The molecule has 1 unspecified atom stereocenters. The van der Waals surface area contributed by atoms with E-state index in [1.165, 1.54) is 30.4 Å². The van der Waals surface area contributed by atoms with E-state index in [1.807, 2.05) is 0 Å². The van der Waals surface area contributed by atoms with Crippen molar-refractivity contribution in [2.75, 3.05) is 13.1 Å². The molecule has 0 aliphatic carbocycles. The summed E-state index contributed by atoms with van der Waals surface area (Å²) in [4.78, 5) is 11.8. The number of hydrogen-bond acceptors (Lipinski definition) is 2. The Morgan fingerprint density at radius 2 is 2.30 bits per heavy atom. The lowest BCUT2D eigenvalue weighted by molar-refractivity contribution is -0.121. The molecule has 1 aliphatic heterocycles. The highest BCUT2D eigenvalue weighted by Gasteiger charge is 2.13. The van der Waals surface area contributed by atoms with Gasteiger partial charge in [0.2, 0.25) is 5.91 Å². The quantitative estimate of drug-likeness (QED) is 0.837. The summed E-state index contributed by atoms with van der Waals surface area (Å²) >= 11 is 0. The van der Waals surface area contributed by atoms with Crippen molar-refractivity contribution in [1.29, 1.82) is 0 Å². The molecular formula is C17H26N2O. The maximum atomic E-state index is 11.8. The fraction of sp³-hybridized carbons (Fsp3) is 0.588. The highest BCUT2D eigenvalue weighted by Crippen LogP contribution is 2.11. The van der Waals surface area contributed by atoms with Gasteiger partial charge >= 0.3 is 0 Å². The molecule has 2 N–H and O–H groups in total. The number of hydrogen-bond donors (Lipinski definition) is 2. The third-order valence-corrected chi connectivity index (χ3v) is 3.95. The Kier molecular flexibility index (Phi) is 6.06. The minimum Gasteiger partial charge on any atom is -0.356 e. The van der Waals surface area contributed by atoms with Crippen LogP contribution in [0.2, 0.25) is 0 Å². The lowest BCUT2D eigenvalue weighted by Gasteiger charge is -2.23. The number of benzene rings is 1. The lowest BCUT2D eigenvalue weighted by atomic mass is 10.0. The summed E-state index contributed by atoms with van der Waals surface area (Å²) in [7, 11) is 0. The molecule has 1 saturated heterocycles. The van der Waals surface area contributed by atoms with E-state index >= 15 is 0 Å². The molecule has 3 heteroatoms. The summed E-state index contributed by atoms with van der Waals surface area (Å²) in [5.74, 6) is 0.185. The van der Waals surface area contributed by atoms with Crippen LogP contribution in [0.1, 0.15) is 43.2 Å². The van der Waals surface area contributed by atoms with E-state index in [9.17, 15) is 4.79 Å². The fourth-order valence-corrected chi connectivity index (χ4v) is 2.78. The average Bonchev–Trinajstić information content (AvgIpc) is 2.46. The molecule has 1 aromatic rings. The number of carbonyl (C=O) groups is 1. The van der Waals surface area contributed by atoms with Crippen LogP contribution in [0, 0.1) is 6.92 Å². The predicted octanol–water partition coefficient (Wildman–Crippen LogP) is 2.58. The SMILES string of the molecule is Cc1cccc(CCNC(=O)CCC2CCCCN2)c1. The Bertz CT molecular complexity index is 425. The molecule has 0 spiro atoms. The van der Waals surface area contributed by atoms with Gasteiger partial charge in [-0.25, -0.2) is 0 Å². The maximum Gasteiger partial charge on any atom is 0.220 e. The van der Waals surface area contributed by atoms with E-state index in [-0.39, 0.29) is 5.91 Å². The van der Waals surface area contributed by atoms with E-state index < -0.39 is 0 Å². The summed E-state index contributed by atoms with van der Waals surface area (Å²) in [6, 6.07) is 9.01. The van der Waals surface area contributed by atoms with Crippen molar-refractivity contribution in [3.8, 4) is 0 Å². The Balaban J connectivity index is 1.60. The maximum absolute atomic E-state index is 11.8. The van der Waals surface area contributed by atoms with Crippen molar-refractivity contribution >= 4 is 5.91 Å². The smallest absolute Gasteiger partial charge is 0.220 e. The van der Waals surface area contributed by atoms with Gasteiger partial charge in [0.05, 0.1) is 0 Å². The normalized spacial score (nSPS) is 18.8. The van der Waals surface area contributed by atoms with Crippen LogP contribution in [0.3, 0.4) is 0 Å². The molecule has 0 aromatic heterocycles. The summed E-state index contributed by atoms with van der Waals surface area (Å²) in [5.41, 5.74) is 2.57. The lowest BCUT2D eigenvalue weighted by Crippen LogP contribution is -2.35. The van der Waals surface area contributed by atoms with Crippen LogP contribution < -0.4 is 10.6 Å². The van der Waals surface area contributed by atoms with Gasteiger partial charge in [-0.1, -0.05) is 36.2 Å². The Morgan fingerprint density at radius 3 is 3.05 bits per heavy atom. The molecule has 1 aromatic carbocycles. The van der Waals surface area contributed by atoms with Gasteiger partial charge in [-0.2, -0.15) is 0 Å². The van der Waals surface area contributed by atoms with Crippen LogP contribution in [-0.2, 0) is 11.2 Å². The number of nitrogens with one attached hydrogen (secondary N) is 2. The minimum absolute atomic E-state index is 0.185. The van der Waals surface area contributed by atoms with Crippen LogP contribution >= 0.6 is 0 Å². The molecule has 1 fully saturated rings. The molecule has 2 rings (SSSR count). The monoisotopic (exact) mass is 274 g/mol. The van der Waals surface area contributed by atoms with Gasteiger partial charge in [0.25, 0.3) is 0 Å². The second-order valence-corrected chi connectivity index (χ2v) is 5.77. The van der Waals surface area contributed by atoms with Gasteiger partial charge in [0, 0.05) is 19.0 Å². The van der Waals surface area contributed by atoms with E-state index in [1.54, 1.807) is 0 Å². The summed E-state index contributed by atoms with van der Waals surface area (Å²) < 4.78 is 0. The third-order valence-electron chi connectivity index (χ3n) is 3.95. The summed E-state index contributed by atoms with van der Waals surface area (Å²) in [5, 5.41) is 6.51. The van der Waals surface area contributed by atoms with Gasteiger partial charge in [0.15, 0.2) is 0 Å². The second-order valence-electron chi connectivity index (χ2n) is 5.77. The van der Waals surface area contributed by atoms with Crippen molar-refractivity contribution in [3.05, 3.63) is 35.4 Å². The van der Waals surface area contributed by atoms with Gasteiger partial charge < -0.3 is 10.6 Å². The number of carbonyl (C=O) groups excluding carboxylic acids is 1. The van der Waals surface area contributed by atoms with Crippen LogP contribution in [0.25, 0.3) is 0 Å². The topological polar surface area (TPSA) is 41.1 Å². The summed E-state index contributed by atoms with van der Waals surface area (Å²) in [6.07, 6.45) is 6.32. The van der Waals surface area contributed by atoms with Crippen LogP contribution in [0.15, 0.2) is 24.3 Å². The Hall–Kier alpha value is -1.35. The van der Waals surface area contributed by atoms with Crippen LogP contribution in [0.5, 0.6) is 0 Å². The molecule has 20 heavy (non-hydrogen) atoms. The van der Waals surface area contributed by atoms with E-state index in [4.69, 9.17) is 0 Å². The zero-order chi connectivity index (χ0) is 14.2. The number of amides is 1. The number of piperidine rings is 1. The molecule has 0 bridgehead atoms. The minimum atomic E-state index is 0.185. The molecule has 110 valence electrons. The van der Waals surface area contributed by atoms with E-state index in [0.717, 1.165) is 25.9 Å². The standard InChI is InChI=1S/C17H26N2O/c1-14-5-4-6-15(13-14)10-12-19-17(20)9-8-16-7-2-3-11-18-16/h4-6,13,16,18H,2-3,7-12H2,1H3,(H,19,20). The van der Waals surface area contributed by atoms with E-state index in [0.29, 0.717) is 12.5 Å². The third kappa shape index (κ3) is 5.33. The molecule has 3 nitrogen and oxygen atoms in total. The van der Waals surface area contributed by atoms with E-state index in [2.05, 4.69) is 41.8 Å². The molecular weight excluding hydrogens is 248 g/mol. The van der Waals surface area contributed by atoms with Crippen LogP contribution in [0.4, 0.5) is 0 Å². The van der Waals surface area contributed by atoms with Crippen molar-refractivity contribution in [2.24, 2.45) is 0 Å². The Labute approximate surface area is 122 Å². The second kappa shape index (κ2) is 8.05. The molecule has 0 saturated carbocycles. The predicted molar refractivity (Wildman–Crippen MR) is 82.8 cm³/mol. The molecule has 0 radical (unpaired) electrons. The number of aryl methyl sites for hydroxylation is 1. The van der Waals surface area contributed by atoms with Gasteiger partial charge in [0.1, 0.15) is 0 Å². The van der Waals surface area contributed by atoms with Gasteiger partial charge in [-0.3, -0.25) is 4.79 Å². The molecule has 1 atom stereocenters. The molecule has 1 aliphatic rings. The first-order chi connectivity index (χ1) is 9.74. The Morgan fingerprint density at radius 1 is 1.40 bits per heavy atom. The number of rotatable bonds is 6. The van der Waals surface area contributed by atoms with Crippen LogP contribution in [-0.4, -0.2) is 25.0 Å². The zero-order valence-corrected chi connectivity index (χ0v) is 12.5. The summed E-state index contributed by atoms with van der Waals surface area (Å²) in [6.45, 7) is 3.94. The van der Waals surface area contributed by atoms with Crippen molar-refractivity contribution in [3.63, 3.8) is 0 Å². The highest BCUT2D eigenvalue weighted by molar-refractivity contribution is 5.75. The van der Waals surface area contributed by atoms with Gasteiger partial charge in [-0.05, 0) is 44.7 Å². The van der Waals surface area contributed by atoms with Crippen molar-refractivity contribution in [2.45, 2.75) is 51.5 Å². The zero-order valence-electron chi connectivity index (χ0n) is 12.5. The first kappa shape index (κ1) is 15.0. The average molecular weight is 274 g/mol. The molecule has 1 amide bonds. The largest absolute Gasteiger partial charge is 0.356 e.